The number of hydrogen-bond donors (Lipinski definition) is 0. The maximum atomic E-state index is 13.3. The standard InChI is InChI=1S/C27H42F4O2/c1-2-3-4-5-6-7-8-9-10-11-12-13-14-15-16-17-18-21-33-26(32)24-22-23(28)19-20-25(24)27(29,30)31/h19-20,22H,2-18,21H2,1H3. The molecular weight excluding hydrogens is 432 g/mol. The van der Waals surface area contributed by atoms with Gasteiger partial charge in [-0.1, -0.05) is 110 Å². The fourth-order valence-electron chi connectivity index (χ4n) is 4.00. The quantitative estimate of drug-likeness (QED) is 0.113. The van der Waals surface area contributed by atoms with Crippen molar-refractivity contribution in [3.8, 4) is 0 Å². The molecule has 0 spiro atoms. The Morgan fingerprint density at radius 1 is 0.727 bits per heavy atom. The van der Waals surface area contributed by atoms with Crippen LogP contribution in [0.5, 0.6) is 0 Å². The minimum Gasteiger partial charge on any atom is -0.462 e. The molecule has 0 unspecified atom stereocenters. The van der Waals surface area contributed by atoms with Gasteiger partial charge < -0.3 is 4.74 Å². The number of halogens is 4. The Bertz CT molecular complexity index is 643. The first-order valence-corrected chi connectivity index (χ1v) is 12.9. The molecule has 0 aliphatic rings. The molecular formula is C27H42F4O2. The number of unbranched alkanes of at least 4 members (excludes halogenated alkanes) is 16. The molecule has 0 aliphatic heterocycles. The van der Waals surface area contributed by atoms with E-state index in [1.165, 1.54) is 83.5 Å². The lowest BCUT2D eigenvalue weighted by Crippen LogP contribution is -2.16. The second kappa shape index (κ2) is 17.8. The van der Waals surface area contributed by atoms with Crippen molar-refractivity contribution >= 4 is 5.97 Å². The van der Waals surface area contributed by atoms with Gasteiger partial charge in [0.15, 0.2) is 0 Å². The van der Waals surface area contributed by atoms with Crippen molar-refractivity contribution in [2.75, 3.05) is 6.61 Å². The second-order valence-electron chi connectivity index (χ2n) is 8.98. The van der Waals surface area contributed by atoms with Crippen LogP contribution in [0.15, 0.2) is 18.2 Å². The van der Waals surface area contributed by atoms with Gasteiger partial charge in [-0.3, -0.25) is 0 Å². The first-order chi connectivity index (χ1) is 15.9. The molecule has 0 amide bonds. The number of hydrogen-bond acceptors (Lipinski definition) is 2. The summed E-state index contributed by atoms with van der Waals surface area (Å²) in [5, 5.41) is 0. The third-order valence-corrected chi connectivity index (χ3v) is 5.99. The van der Waals surface area contributed by atoms with Crippen LogP contribution in [0.3, 0.4) is 0 Å². The highest BCUT2D eigenvalue weighted by Crippen LogP contribution is 2.32. The first kappa shape index (κ1) is 29.4. The van der Waals surface area contributed by atoms with Crippen molar-refractivity contribution in [3.05, 3.63) is 35.1 Å². The summed E-state index contributed by atoms with van der Waals surface area (Å²) in [6.45, 7) is 2.30. The zero-order valence-electron chi connectivity index (χ0n) is 20.3. The Kier molecular flexibility index (Phi) is 15.9. The van der Waals surface area contributed by atoms with Gasteiger partial charge in [0, 0.05) is 0 Å². The Balaban J connectivity index is 1.97. The van der Waals surface area contributed by atoms with E-state index in [1.54, 1.807) is 0 Å². The Hall–Kier alpha value is -1.59. The SMILES string of the molecule is CCCCCCCCCCCCCCCCCCCOC(=O)c1cc(F)ccc1C(F)(F)F. The largest absolute Gasteiger partial charge is 0.462 e. The van der Waals surface area contributed by atoms with E-state index in [4.69, 9.17) is 4.74 Å². The predicted octanol–water partition coefficient (Wildman–Crippen LogP) is 9.65. The molecule has 0 bridgehead atoms. The number of alkyl halides is 3. The van der Waals surface area contributed by atoms with Gasteiger partial charge in [0.25, 0.3) is 0 Å². The van der Waals surface area contributed by atoms with E-state index < -0.39 is 29.1 Å². The lowest BCUT2D eigenvalue weighted by atomic mass is 10.0. The predicted molar refractivity (Wildman–Crippen MR) is 126 cm³/mol. The van der Waals surface area contributed by atoms with Crippen molar-refractivity contribution in [3.63, 3.8) is 0 Å². The van der Waals surface area contributed by atoms with Crippen LogP contribution in [0, 0.1) is 5.82 Å². The smallest absolute Gasteiger partial charge is 0.417 e. The third kappa shape index (κ3) is 14.3. The van der Waals surface area contributed by atoms with Crippen LogP contribution < -0.4 is 0 Å². The number of ether oxygens (including phenoxy) is 1. The lowest BCUT2D eigenvalue weighted by molar-refractivity contribution is -0.138. The number of carbonyl (C=O) groups is 1. The van der Waals surface area contributed by atoms with Gasteiger partial charge >= 0.3 is 12.1 Å². The van der Waals surface area contributed by atoms with Gasteiger partial charge in [0.1, 0.15) is 5.82 Å². The summed E-state index contributed by atoms with van der Waals surface area (Å²) in [6, 6.07) is 1.84. The van der Waals surface area contributed by atoms with Gasteiger partial charge in [-0.2, -0.15) is 13.2 Å². The molecule has 0 radical (unpaired) electrons. The van der Waals surface area contributed by atoms with E-state index in [9.17, 15) is 22.4 Å². The number of esters is 1. The Morgan fingerprint density at radius 2 is 1.15 bits per heavy atom. The van der Waals surface area contributed by atoms with E-state index in [-0.39, 0.29) is 6.61 Å². The molecule has 1 aromatic carbocycles. The van der Waals surface area contributed by atoms with E-state index in [2.05, 4.69) is 6.92 Å². The highest BCUT2D eigenvalue weighted by Gasteiger charge is 2.35. The molecule has 0 fully saturated rings. The summed E-state index contributed by atoms with van der Waals surface area (Å²) >= 11 is 0. The molecule has 0 saturated heterocycles. The van der Waals surface area contributed by atoms with Crippen molar-refractivity contribution in [2.24, 2.45) is 0 Å². The van der Waals surface area contributed by atoms with E-state index in [0.717, 1.165) is 19.3 Å². The summed E-state index contributed by atoms with van der Waals surface area (Å²) in [5.74, 6) is -2.02. The first-order valence-electron chi connectivity index (χ1n) is 12.9. The van der Waals surface area contributed by atoms with Crippen molar-refractivity contribution in [2.45, 2.75) is 122 Å². The average Bonchev–Trinajstić information content (AvgIpc) is 2.77. The van der Waals surface area contributed by atoms with Crippen LogP contribution in [-0.4, -0.2) is 12.6 Å². The van der Waals surface area contributed by atoms with Gasteiger partial charge in [-0.05, 0) is 24.6 Å². The molecule has 2 nitrogen and oxygen atoms in total. The van der Waals surface area contributed by atoms with Crippen LogP contribution in [0.1, 0.15) is 132 Å². The molecule has 0 N–H and O–H groups in total. The molecule has 6 heteroatoms. The summed E-state index contributed by atoms with van der Waals surface area (Å²) in [4.78, 5) is 11.9. The highest BCUT2D eigenvalue weighted by atomic mass is 19.4. The fourth-order valence-corrected chi connectivity index (χ4v) is 4.00. The molecule has 190 valence electrons. The van der Waals surface area contributed by atoms with Gasteiger partial charge in [-0.25, -0.2) is 9.18 Å². The van der Waals surface area contributed by atoms with Gasteiger partial charge in [0.05, 0.1) is 17.7 Å². The maximum absolute atomic E-state index is 13.3. The summed E-state index contributed by atoms with van der Waals surface area (Å²) in [6.07, 6.45) is 16.2. The number of rotatable bonds is 19. The van der Waals surface area contributed by atoms with E-state index >= 15 is 0 Å². The van der Waals surface area contributed by atoms with Crippen molar-refractivity contribution in [1.82, 2.24) is 0 Å². The third-order valence-electron chi connectivity index (χ3n) is 5.99. The fraction of sp³-hybridized carbons (Fsp3) is 0.741. The minimum absolute atomic E-state index is 0.0469. The van der Waals surface area contributed by atoms with Crippen molar-refractivity contribution < 1.29 is 27.1 Å². The number of benzene rings is 1. The molecule has 33 heavy (non-hydrogen) atoms. The van der Waals surface area contributed by atoms with Gasteiger partial charge in [0.2, 0.25) is 0 Å². The Morgan fingerprint density at radius 3 is 1.58 bits per heavy atom. The monoisotopic (exact) mass is 474 g/mol. The van der Waals surface area contributed by atoms with Crippen LogP contribution in [0.2, 0.25) is 0 Å². The van der Waals surface area contributed by atoms with Crippen LogP contribution in [0.25, 0.3) is 0 Å². The molecule has 0 heterocycles. The second-order valence-corrected chi connectivity index (χ2v) is 8.98. The molecule has 0 aromatic heterocycles. The summed E-state index contributed by atoms with van der Waals surface area (Å²) < 4.78 is 57.1. The maximum Gasteiger partial charge on any atom is 0.417 e. The lowest BCUT2D eigenvalue weighted by Gasteiger charge is -2.12. The van der Waals surface area contributed by atoms with Crippen molar-refractivity contribution in [1.29, 1.82) is 0 Å². The van der Waals surface area contributed by atoms with Crippen LogP contribution in [-0.2, 0) is 10.9 Å². The zero-order valence-corrected chi connectivity index (χ0v) is 20.3. The highest BCUT2D eigenvalue weighted by molar-refractivity contribution is 5.91. The number of carbonyl (C=O) groups excluding carboxylic acids is 1. The van der Waals surface area contributed by atoms with E-state index in [1.807, 2.05) is 0 Å². The average molecular weight is 475 g/mol. The van der Waals surface area contributed by atoms with Crippen LogP contribution >= 0.6 is 0 Å². The molecule has 0 atom stereocenters. The molecule has 0 aliphatic carbocycles. The molecule has 1 rings (SSSR count). The molecule has 0 saturated carbocycles. The summed E-state index contributed by atoms with van der Waals surface area (Å²) in [5.41, 5.74) is -1.94. The minimum atomic E-state index is -4.73. The normalized spacial score (nSPS) is 11.7. The topological polar surface area (TPSA) is 26.3 Å². The summed E-state index contributed by atoms with van der Waals surface area (Å²) in [7, 11) is 0. The van der Waals surface area contributed by atoms with E-state index in [0.29, 0.717) is 24.6 Å². The van der Waals surface area contributed by atoms with Crippen LogP contribution in [0.4, 0.5) is 17.6 Å². The Labute approximate surface area is 197 Å². The molecule has 1 aromatic rings. The zero-order chi connectivity index (χ0) is 24.4. The van der Waals surface area contributed by atoms with Gasteiger partial charge in [-0.15, -0.1) is 0 Å².